The van der Waals surface area contributed by atoms with Crippen molar-refractivity contribution in [3.8, 4) is 0 Å². The number of aromatic carboxylic acids is 1. The summed E-state index contributed by atoms with van der Waals surface area (Å²) in [6, 6.07) is 3.51. The molecule has 2 rings (SSSR count). The molecule has 0 fully saturated rings. The van der Waals surface area contributed by atoms with Crippen molar-refractivity contribution in [3.05, 3.63) is 29.3 Å². The van der Waals surface area contributed by atoms with E-state index in [0.717, 1.165) is 10.4 Å². The van der Waals surface area contributed by atoms with Gasteiger partial charge in [-0.1, -0.05) is 13.8 Å². The van der Waals surface area contributed by atoms with Gasteiger partial charge in [0.25, 0.3) is 15.9 Å². The Morgan fingerprint density at radius 1 is 1.37 bits per heavy atom. The van der Waals surface area contributed by atoms with Crippen molar-refractivity contribution >= 4 is 21.9 Å². The molecule has 1 aromatic carbocycles. The lowest BCUT2D eigenvalue weighted by Crippen LogP contribution is -2.33. The van der Waals surface area contributed by atoms with Crippen LogP contribution in [0.1, 0.15) is 34.6 Å². The molecule has 0 unspecified atom stereocenters. The van der Waals surface area contributed by atoms with Crippen LogP contribution in [0.25, 0.3) is 0 Å². The van der Waals surface area contributed by atoms with E-state index < -0.39 is 21.9 Å². The maximum atomic E-state index is 12.2. The smallest absolute Gasteiger partial charge is 0.335 e. The number of carboxylic acid groups (broad SMARTS) is 1. The molecule has 1 heterocycles. The molecule has 7 heteroatoms. The molecule has 1 amide bonds. The highest BCUT2D eigenvalue weighted by molar-refractivity contribution is 7.90. The van der Waals surface area contributed by atoms with E-state index in [1.165, 1.54) is 12.1 Å². The van der Waals surface area contributed by atoms with Crippen LogP contribution in [0, 0.1) is 5.92 Å². The van der Waals surface area contributed by atoms with Crippen LogP contribution >= 0.6 is 0 Å². The first-order valence-electron chi connectivity index (χ1n) is 5.69. The summed E-state index contributed by atoms with van der Waals surface area (Å²) in [5.74, 6) is -1.83. The number of nitrogens with zero attached hydrogens (tertiary/aromatic N) is 1. The lowest BCUT2D eigenvalue weighted by molar-refractivity contribution is 0.0695. The van der Waals surface area contributed by atoms with Gasteiger partial charge in [-0.3, -0.25) is 4.79 Å². The second-order valence-corrected chi connectivity index (χ2v) is 6.58. The van der Waals surface area contributed by atoms with Crippen molar-refractivity contribution in [3.63, 3.8) is 0 Å². The van der Waals surface area contributed by atoms with Crippen LogP contribution in [0.4, 0.5) is 0 Å². The Hall–Kier alpha value is -1.89. The van der Waals surface area contributed by atoms with Crippen molar-refractivity contribution in [1.82, 2.24) is 4.31 Å². The maximum Gasteiger partial charge on any atom is 0.335 e. The molecule has 19 heavy (non-hydrogen) atoms. The molecule has 0 saturated carbocycles. The summed E-state index contributed by atoms with van der Waals surface area (Å²) < 4.78 is 25.2. The molecule has 0 bridgehead atoms. The van der Waals surface area contributed by atoms with Crippen LogP contribution in [0.2, 0.25) is 0 Å². The van der Waals surface area contributed by atoms with E-state index in [1.807, 2.05) is 0 Å². The van der Waals surface area contributed by atoms with Gasteiger partial charge in [-0.15, -0.1) is 0 Å². The van der Waals surface area contributed by atoms with Gasteiger partial charge in [-0.05, 0) is 24.1 Å². The zero-order valence-corrected chi connectivity index (χ0v) is 11.3. The van der Waals surface area contributed by atoms with Crippen LogP contribution in [0.5, 0.6) is 0 Å². The average Bonchev–Trinajstić information content (AvgIpc) is 2.50. The van der Waals surface area contributed by atoms with Crippen molar-refractivity contribution in [2.75, 3.05) is 6.54 Å². The summed E-state index contributed by atoms with van der Waals surface area (Å²) in [6.07, 6.45) is 0. The van der Waals surface area contributed by atoms with Crippen molar-refractivity contribution in [1.29, 1.82) is 0 Å². The molecule has 0 aliphatic carbocycles. The highest BCUT2D eigenvalue weighted by Crippen LogP contribution is 2.31. The summed E-state index contributed by atoms with van der Waals surface area (Å²) in [7, 11) is -3.93. The Morgan fingerprint density at radius 2 is 2.00 bits per heavy atom. The molecule has 1 N–H and O–H groups in total. The third-order valence-electron chi connectivity index (χ3n) is 2.78. The first kappa shape index (κ1) is 13.5. The summed E-state index contributed by atoms with van der Waals surface area (Å²) in [6.45, 7) is 3.68. The first-order valence-corrected chi connectivity index (χ1v) is 7.13. The topological polar surface area (TPSA) is 91.8 Å². The van der Waals surface area contributed by atoms with Gasteiger partial charge in [0.1, 0.15) is 4.90 Å². The molecule has 1 aromatic rings. The zero-order valence-electron chi connectivity index (χ0n) is 10.5. The molecule has 0 atom stereocenters. The second kappa shape index (κ2) is 4.34. The highest BCUT2D eigenvalue weighted by atomic mass is 32.2. The monoisotopic (exact) mass is 283 g/mol. The Bertz CT molecular complexity index is 663. The Kier molecular flexibility index (Phi) is 3.09. The van der Waals surface area contributed by atoms with E-state index in [9.17, 15) is 18.0 Å². The Labute approximate surface area is 110 Å². The largest absolute Gasteiger partial charge is 0.478 e. The minimum Gasteiger partial charge on any atom is -0.478 e. The highest BCUT2D eigenvalue weighted by Gasteiger charge is 2.41. The third-order valence-corrected chi connectivity index (χ3v) is 4.57. The lowest BCUT2D eigenvalue weighted by atomic mass is 10.1. The maximum absolute atomic E-state index is 12.2. The van der Waals surface area contributed by atoms with E-state index in [2.05, 4.69) is 0 Å². The van der Waals surface area contributed by atoms with E-state index in [-0.39, 0.29) is 28.5 Å². The van der Waals surface area contributed by atoms with E-state index in [4.69, 9.17) is 5.11 Å². The number of hydrogen-bond acceptors (Lipinski definition) is 4. The summed E-state index contributed by atoms with van der Waals surface area (Å²) in [4.78, 5) is 22.7. The van der Waals surface area contributed by atoms with Crippen molar-refractivity contribution < 1.29 is 23.1 Å². The zero-order chi connectivity index (χ0) is 14.4. The SMILES string of the molecule is CC(C)CN1C(=O)c2ccc(C(=O)O)cc2S1(=O)=O. The summed E-state index contributed by atoms with van der Waals surface area (Å²) >= 11 is 0. The van der Waals surface area contributed by atoms with E-state index in [0.29, 0.717) is 0 Å². The van der Waals surface area contributed by atoms with Gasteiger partial charge in [-0.2, -0.15) is 0 Å². The molecule has 1 aliphatic rings. The minimum absolute atomic E-state index is 0.00742. The first-order chi connectivity index (χ1) is 8.75. The van der Waals surface area contributed by atoms with Crippen LogP contribution in [-0.4, -0.2) is 36.3 Å². The van der Waals surface area contributed by atoms with Gasteiger partial charge in [0.15, 0.2) is 0 Å². The van der Waals surface area contributed by atoms with Gasteiger partial charge < -0.3 is 5.11 Å². The third kappa shape index (κ3) is 2.10. The average molecular weight is 283 g/mol. The number of rotatable bonds is 3. The van der Waals surface area contributed by atoms with E-state index >= 15 is 0 Å². The number of carbonyl (C=O) groups is 2. The fraction of sp³-hybridized carbons (Fsp3) is 0.333. The number of fused-ring (bicyclic) bond motifs is 1. The fourth-order valence-corrected chi connectivity index (χ4v) is 3.68. The van der Waals surface area contributed by atoms with Gasteiger partial charge in [0, 0.05) is 6.54 Å². The fourth-order valence-electron chi connectivity index (χ4n) is 1.92. The number of sulfonamides is 1. The molecule has 102 valence electrons. The normalized spacial score (nSPS) is 16.8. The van der Waals surface area contributed by atoms with Gasteiger partial charge >= 0.3 is 5.97 Å². The predicted octanol–water partition coefficient (Wildman–Crippen LogP) is 1.19. The van der Waals surface area contributed by atoms with Crippen LogP contribution < -0.4 is 0 Å². The van der Waals surface area contributed by atoms with Gasteiger partial charge in [0.2, 0.25) is 0 Å². The van der Waals surface area contributed by atoms with Crippen LogP contribution in [0.15, 0.2) is 23.1 Å². The van der Waals surface area contributed by atoms with Crippen molar-refractivity contribution in [2.45, 2.75) is 18.7 Å². The summed E-state index contributed by atoms with van der Waals surface area (Å²) in [5.41, 5.74) is -0.118. The standard InChI is InChI=1S/C12H13NO5S/c1-7(2)6-13-11(14)9-4-3-8(12(15)16)5-10(9)19(13,17)18/h3-5,7H,6H2,1-2H3,(H,15,16). The van der Waals surface area contributed by atoms with Crippen LogP contribution in [0.3, 0.4) is 0 Å². The quantitative estimate of drug-likeness (QED) is 0.899. The second-order valence-electron chi connectivity index (χ2n) is 4.75. The van der Waals surface area contributed by atoms with E-state index in [1.54, 1.807) is 13.8 Å². The molecule has 0 spiro atoms. The number of carboxylic acids is 1. The Morgan fingerprint density at radius 3 is 2.53 bits per heavy atom. The number of hydrogen-bond donors (Lipinski definition) is 1. The molecule has 1 aliphatic heterocycles. The minimum atomic E-state index is -3.93. The Balaban J connectivity index is 2.58. The molecular formula is C12H13NO5S. The number of amides is 1. The summed E-state index contributed by atoms with van der Waals surface area (Å²) in [5, 5.41) is 8.87. The molecule has 0 aromatic heterocycles. The number of benzene rings is 1. The van der Waals surface area contributed by atoms with Gasteiger partial charge in [-0.25, -0.2) is 17.5 Å². The predicted molar refractivity (Wildman–Crippen MR) is 66.5 cm³/mol. The number of carbonyl (C=O) groups excluding carboxylic acids is 1. The van der Waals surface area contributed by atoms with Gasteiger partial charge in [0.05, 0.1) is 11.1 Å². The van der Waals surface area contributed by atoms with Crippen molar-refractivity contribution in [2.24, 2.45) is 5.92 Å². The lowest BCUT2D eigenvalue weighted by Gasteiger charge is -2.16. The molecule has 0 radical (unpaired) electrons. The molecule has 0 saturated heterocycles. The van der Waals surface area contributed by atoms with Crippen LogP contribution in [-0.2, 0) is 10.0 Å². The molecular weight excluding hydrogens is 270 g/mol. The molecule has 6 nitrogen and oxygen atoms in total.